The molecule has 0 saturated heterocycles. The molecule has 0 aliphatic carbocycles. The number of hydrogen-bond acceptors (Lipinski definition) is 1. The molecule has 0 aliphatic rings. The summed E-state index contributed by atoms with van der Waals surface area (Å²) in [7, 11) is 0. The number of rotatable bonds is 4. The summed E-state index contributed by atoms with van der Waals surface area (Å²) in [5.41, 5.74) is 11.4. The molecule has 1 atom stereocenters. The summed E-state index contributed by atoms with van der Waals surface area (Å²) in [5.74, 6) is 0. The van der Waals surface area contributed by atoms with Crippen LogP contribution in [0.1, 0.15) is 34.7 Å². The van der Waals surface area contributed by atoms with Crippen molar-refractivity contribution in [1.29, 1.82) is 0 Å². The van der Waals surface area contributed by atoms with Crippen molar-refractivity contribution >= 4 is 0 Å². The minimum Gasteiger partial charge on any atom is -0.324 e. The van der Waals surface area contributed by atoms with Gasteiger partial charge in [0.05, 0.1) is 0 Å². The first-order valence-electron chi connectivity index (χ1n) is 6.53. The highest BCUT2D eigenvalue weighted by atomic mass is 14.6. The van der Waals surface area contributed by atoms with E-state index in [2.05, 4.69) is 62.4 Å². The molecule has 0 amide bonds. The Labute approximate surface area is 110 Å². The van der Waals surface area contributed by atoms with Crippen molar-refractivity contribution in [1.82, 2.24) is 0 Å². The molecule has 1 unspecified atom stereocenters. The molecule has 2 rings (SSSR count). The molecule has 0 fully saturated rings. The molecule has 0 spiro atoms. The maximum absolute atomic E-state index is 6.24. The molecule has 0 aliphatic heterocycles. The summed E-state index contributed by atoms with van der Waals surface area (Å²) in [6.45, 7) is 4.22. The third kappa shape index (κ3) is 3.44. The Morgan fingerprint density at radius 3 is 2.33 bits per heavy atom. The zero-order chi connectivity index (χ0) is 13.0. The van der Waals surface area contributed by atoms with Crippen LogP contribution in [0.3, 0.4) is 0 Å². The lowest BCUT2D eigenvalue weighted by atomic mass is 9.98. The molecule has 0 aromatic heterocycles. The van der Waals surface area contributed by atoms with Crippen LogP contribution in [0.5, 0.6) is 0 Å². The van der Waals surface area contributed by atoms with Crippen LogP contribution < -0.4 is 5.73 Å². The van der Waals surface area contributed by atoms with Crippen LogP contribution in [0.15, 0.2) is 48.5 Å². The minimum absolute atomic E-state index is 0.131. The van der Waals surface area contributed by atoms with Crippen molar-refractivity contribution < 1.29 is 0 Å². The smallest absolute Gasteiger partial charge is 0.0298 e. The molecular weight excluding hydrogens is 218 g/mol. The highest BCUT2D eigenvalue weighted by Gasteiger charge is 2.06. The molecular formula is C17H21N. The normalized spacial score (nSPS) is 12.4. The van der Waals surface area contributed by atoms with Crippen LogP contribution in [-0.4, -0.2) is 0 Å². The van der Waals surface area contributed by atoms with Gasteiger partial charge >= 0.3 is 0 Å². The molecule has 18 heavy (non-hydrogen) atoms. The Kier molecular flexibility index (Phi) is 4.16. The van der Waals surface area contributed by atoms with Gasteiger partial charge in [0, 0.05) is 6.04 Å². The highest BCUT2D eigenvalue weighted by Crippen LogP contribution is 2.18. The van der Waals surface area contributed by atoms with E-state index < -0.39 is 0 Å². The van der Waals surface area contributed by atoms with E-state index in [1.165, 1.54) is 22.3 Å². The van der Waals surface area contributed by atoms with E-state index >= 15 is 0 Å². The second-order valence-electron chi connectivity index (χ2n) is 5.04. The first-order valence-corrected chi connectivity index (χ1v) is 6.53. The summed E-state index contributed by atoms with van der Waals surface area (Å²) >= 11 is 0. The summed E-state index contributed by atoms with van der Waals surface area (Å²) in [5, 5.41) is 0. The Bertz CT molecular complexity index is 499. The topological polar surface area (TPSA) is 26.0 Å². The van der Waals surface area contributed by atoms with Gasteiger partial charge < -0.3 is 5.73 Å². The van der Waals surface area contributed by atoms with Gasteiger partial charge in [0.1, 0.15) is 0 Å². The maximum atomic E-state index is 6.24. The van der Waals surface area contributed by atoms with Crippen LogP contribution in [-0.2, 0) is 6.42 Å². The molecule has 0 heterocycles. The van der Waals surface area contributed by atoms with Crippen molar-refractivity contribution in [2.45, 2.75) is 32.7 Å². The van der Waals surface area contributed by atoms with Gasteiger partial charge in [0.15, 0.2) is 0 Å². The molecule has 1 heteroatoms. The molecule has 0 saturated carbocycles. The van der Waals surface area contributed by atoms with E-state index in [0.29, 0.717) is 0 Å². The van der Waals surface area contributed by atoms with Crippen molar-refractivity contribution in [3.8, 4) is 0 Å². The fraction of sp³-hybridized carbons (Fsp3) is 0.294. The molecule has 0 radical (unpaired) electrons. The molecule has 2 aromatic rings. The van der Waals surface area contributed by atoms with Crippen molar-refractivity contribution in [3.05, 3.63) is 70.8 Å². The lowest BCUT2D eigenvalue weighted by molar-refractivity contribution is 0.651. The lowest BCUT2D eigenvalue weighted by Crippen LogP contribution is -2.11. The van der Waals surface area contributed by atoms with Crippen LogP contribution >= 0.6 is 0 Å². The first kappa shape index (κ1) is 12.8. The minimum atomic E-state index is 0.131. The van der Waals surface area contributed by atoms with Gasteiger partial charge in [-0.1, -0.05) is 59.7 Å². The van der Waals surface area contributed by atoms with E-state index in [-0.39, 0.29) is 6.04 Å². The van der Waals surface area contributed by atoms with Gasteiger partial charge in [-0.3, -0.25) is 0 Å². The first-order chi connectivity index (χ1) is 8.65. The van der Waals surface area contributed by atoms with E-state index in [1.807, 2.05) is 0 Å². The molecule has 94 valence electrons. The van der Waals surface area contributed by atoms with Gasteiger partial charge in [-0.15, -0.1) is 0 Å². The highest BCUT2D eigenvalue weighted by molar-refractivity contribution is 5.26. The average Bonchev–Trinajstić information content (AvgIpc) is 2.38. The largest absolute Gasteiger partial charge is 0.324 e. The standard InChI is InChI=1S/C17H21N/c1-13-6-8-15(9-7-13)10-11-17(18)16-5-3-4-14(2)12-16/h3-9,12,17H,10-11,18H2,1-2H3. The molecule has 1 nitrogen and oxygen atoms in total. The average molecular weight is 239 g/mol. The maximum Gasteiger partial charge on any atom is 0.0298 e. The molecule has 0 bridgehead atoms. The zero-order valence-electron chi connectivity index (χ0n) is 11.2. The van der Waals surface area contributed by atoms with Crippen LogP contribution in [0.2, 0.25) is 0 Å². The third-order valence-electron chi connectivity index (χ3n) is 3.33. The Morgan fingerprint density at radius 2 is 1.67 bits per heavy atom. The predicted molar refractivity (Wildman–Crippen MR) is 77.6 cm³/mol. The van der Waals surface area contributed by atoms with Gasteiger partial charge in [-0.05, 0) is 37.8 Å². The zero-order valence-corrected chi connectivity index (χ0v) is 11.2. The van der Waals surface area contributed by atoms with Crippen molar-refractivity contribution in [3.63, 3.8) is 0 Å². The van der Waals surface area contributed by atoms with Gasteiger partial charge in [0.2, 0.25) is 0 Å². The number of aryl methyl sites for hydroxylation is 3. The van der Waals surface area contributed by atoms with E-state index in [1.54, 1.807) is 0 Å². The third-order valence-corrected chi connectivity index (χ3v) is 3.33. The number of benzene rings is 2. The Morgan fingerprint density at radius 1 is 0.944 bits per heavy atom. The molecule has 2 N–H and O–H groups in total. The lowest BCUT2D eigenvalue weighted by Gasteiger charge is -2.12. The summed E-state index contributed by atoms with van der Waals surface area (Å²) in [6, 6.07) is 17.3. The summed E-state index contributed by atoms with van der Waals surface area (Å²) in [4.78, 5) is 0. The number of hydrogen-bond donors (Lipinski definition) is 1. The van der Waals surface area contributed by atoms with Crippen LogP contribution in [0.25, 0.3) is 0 Å². The monoisotopic (exact) mass is 239 g/mol. The summed E-state index contributed by atoms with van der Waals surface area (Å²) < 4.78 is 0. The molecule has 2 aromatic carbocycles. The van der Waals surface area contributed by atoms with E-state index in [0.717, 1.165) is 12.8 Å². The second-order valence-corrected chi connectivity index (χ2v) is 5.04. The van der Waals surface area contributed by atoms with Gasteiger partial charge in [0.25, 0.3) is 0 Å². The predicted octanol–water partition coefficient (Wildman–Crippen LogP) is 3.94. The Balaban J connectivity index is 1.96. The fourth-order valence-corrected chi connectivity index (χ4v) is 2.14. The Hall–Kier alpha value is -1.60. The summed E-state index contributed by atoms with van der Waals surface area (Å²) in [6.07, 6.45) is 2.03. The van der Waals surface area contributed by atoms with Crippen LogP contribution in [0, 0.1) is 13.8 Å². The quantitative estimate of drug-likeness (QED) is 0.859. The van der Waals surface area contributed by atoms with E-state index in [4.69, 9.17) is 5.73 Å². The SMILES string of the molecule is Cc1ccc(CCC(N)c2cccc(C)c2)cc1. The van der Waals surface area contributed by atoms with Crippen molar-refractivity contribution in [2.75, 3.05) is 0 Å². The van der Waals surface area contributed by atoms with Gasteiger partial charge in [-0.25, -0.2) is 0 Å². The fourth-order valence-electron chi connectivity index (χ4n) is 2.14. The number of nitrogens with two attached hydrogens (primary N) is 1. The van der Waals surface area contributed by atoms with Gasteiger partial charge in [-0.2, -0.15) is 0 Å². The second kappa shape index (κ2) is 5.83. The van der Waals surface area contributed by atoms with Crippen LogP contribution in [0.4, 0.5) is 0 Å². The van der Waals surface area contributed by atoms with E-state index in [9.17, 15) is 0 Å². The van der Waals surface area contributed by atoms with Crippen molar-refractivity contribution in [2.24, 2.45) is 5.73 Å².